The first-order chi connectivity index (χ1) is 10.1. The molecular weight excluding hydrogens is 266 g/mol. The second kappa shape index (κ2) is 5.12. The number of nitrogens with zero attached hydrogens (tertiary/aromatic N) is 4. The monoisotopic (exact) mass is 285 g/mol. The molecule has 110 valence electrons. The number of hydrogen-bond acceptors (Lipinski definition) is 4. The molecule has 0 spiro atoms. The van der Waals surface area contributed by atoms with E-state index in [0.717, 1.165) is 34.6 Å². The maximum atomic E-state index is 6.09. The van der Waals surface area contributed by atoms with Gasteiger partial charge in [-0.1, -0.05) is 19.1 Å². The molecule has 0 fully saturated rings. The largest absolute Gasteiger partial charge is 0.497 e. The molecule has 0 saturated carbocycles. The molecular formula is C15H19N5O. The van der Waals surface area contributed by atoms with Crippen molar-refractivity contribution in [3.63, 3.8) is 0 Å². The predicted molar refractivity (Wildman–Crippen MR) is 82.4 cm³/mol. The van der Waals surface area contributed by atoms with Crippen LogP contribution in [-0.2, 0) is 20.0 Å². The summed E-state index contributed by atoms with van der Waals surface area (Å²) in [6, 6.07) is 7.95. The van der Waals surface area contributed by atoms with E-state index < -0.39 is 0 Å². The molecule has 0 aliphatic carbocycles. The minimum atomic E-state index is 0.510. The highest BCUT2D eigenvalue weighted by Gasteiger charge is 2.17. The number of aryl methyl sites for hydroxylation is 2. The summed E-state index contributed by atoms with van der Waals surface area (Å²) < 4.78 is 9.09. The lowest BCUT2D eigenvalue weighted by molar-refractivity contribution is 0.414. The quantitative estimate of drug-likeness (QED) is 0.795. The van der Waals surface area contributed by atoms with E-state index in [1.165, 1.54) is 0 Å². The molecule has 0 unspecified atom stereocenters. The summed E-state index contributed by atoms with van der Waals surface area (Å²) in [6.07, 6.45) is 0.840. The highest BCUT2D eigenvalue weighted by molar-refractivity contribution is 5.77. The van der Waals surface area contributed by atoms with Crippen LogP contribution in [0.4, 0.5) is 5.95 Å². The molecule has 1 aromatic carbocycles. The van der Waals surface area contributed by atoms with Crippen molar-refractivity contribution in [3.05, 3.63) is 35.5 Å². The number of benzene rings is 1. The Labute approximate surface area is 123 Å². The van der Waals surface area contributed by atoms with Crippen LogP contribution in [-0.4, -0.2) is 26.4 Å². The molecule has 6 heteroatoms. The number of nitrogen functional groups attached to an aromatic ring is 1. The summed E-state index contributed by atoms with van der Waals surface area (Å²) in [4.78, 5) is 4.47. The lowest BCUT2D eigenvalue weighted by atomic mass is 10.2. The zero-order valence-electron chi connectivity index (χ0n) is 12.5. The van der Waals surface area contributed by atoms with Crippen LogP contribution in [0.1, 0.15) is 18.2 Å². The highest BCUT2D eigenvalue weighted by atomic mass is 16.5. The van der Waals surface area contributed by atoms with Crippen molar-refractivity contribution in [2.24, 2.45) is 7.05 Å². The average molecular weight is 285 g/mol. The number of ether oxygens (including phenoxy) is 1. The average Bonchev–Trinajstić information content (AvgIpc) is 2.97. The molecule has 2 heterocycles. The first kappa shape index (κ1) is 13.5. The first-order valence-electron chi connectivity index (χ1n) is 6.94. The molecule has 2 N–H and O–H groups in total. The van der Waals surface area contributed by atoms with Gasteiger partial charge in [-0.15, -0.1) is 0 Å². The van der Waals surface area contributed by atoms with Gasteiger partial charge in [-0.25, -0.2) is 4.98 Å². The Balaban J connectivity index is 2.07. The SMILES string of the molecule is CCc1nn(C)c2c1nc(N)n2Cc1cccc(OC)c1. The number of aromatic nitrogens is 4. The highest BCUT2D eigenvalue weighted by Crippen LogP contribution is 2.23. The van der Waals surface area contributed by atoms with Gasteiger partial charge < -0.3 is 10.5 Å². The summed E-state index contributed by atoms with van der Waals surface area (Å²) in [5, 5.41) is 4.50. The predicted octanol–water partition coefficient (Wildman–Crippen LogP) is 1.97. The molecule has 0 aliphatic rings. The number of nitrogens with two attached hydrogens (primary N) is 1. The van der Waals surface area contributed by atoms with Crippen LogP contribution < -0.4 is 10.5 Å². The number of hydrogen-bond donors (Lipinski definition) is 1. The third kappa shape index (κ3) is 2.22. The van der Waals surface area contributed by atoms with Crippen molar-refractivity contribution in [3.8, 4) is 5.75 Å². The molecule has 6 nitrogen and oxygen atoms in total. The van der Waals surface area contributed by atoms with Crippen LogP contribution in [0.15, 0.2) is 24.3 Å². The van der Waals surface area contributed by atoms with Crippen molar-refractivity contribution in [1.29, 1.82) is 0 Å². The third-order valence-corrected chi connectivity index (χ3v) is 3.63. The number of rotatable bonds is 4. The summed E-state index contributed by atoms with van der Waals surface area (Å²) in [7, 11) is 3.59. The van der Waals surface area contributed by atoms with Gasteiger partial charge in [0.05, 0.1) is 19.3 Å². The molecule has 3 rings (SSSR count). The van der Waals surface area contributed by atoms with Gasteiger partial charge in [0.2, 0.25) is 5.95 Å². The molecule has 0 radical (unpaired) electrons. The van der Waals surface area contributed by atoms with Gasteiger partial charge in [-0.3, -0.25) is 9.25 Å². The zero-order valence-corrected chi connectivity index (χ0v) is 12.5. The lowest BCUT2D eigenvalue weighted by Crippen LogP contribution is -2.08. The molecule has 2 aromatic heterocycles. The third-order valence-electron chi connectivity index (χ3n) is 3.63. The Morgan fingerprint density at radius 1 is 1.33 bits per heavy atom. The summed E-state index contributed by atoms with van der Waals surface area (Å²) in [5.74, 6) is 1.34. The van der Waals surface area contributed by atoms with Crippen LogP contribution >= 0.6 is 0 Å². The Morgan fingerprint density at radius 3 is 2.86 bits per heavy atom. The van der Waals surface area contributed by atoms with Crippen LogP contribution in [0.25, 0.3) is 11.2 Å². The van der Waals surface area contributed by atoms with Crippen molar-refractivity contribution < 1.29 is 4.74 Å². The van der Waals surface area contributed by atoms with E-state index in [1.54, 1.807) is 7.11 Å². The van der Waals surface area contributed by atoms with Crippen LogP contribution in [0.2, 0.25) is 0 Å². The molecule has 21 heavy (non-hydrogen) atoms. The van der Waals surface area contributed by atoms with Crippen LogP contribution in [0, 0.1) is 0 Å². The van der Waals surface area contributed by atoms with E-state index in [-0.39, 0.29) is 0 Å². The molecule has 3 aromatic rings. The van der Waals surface area contributed by atoms with Gasteiger partial charge in [0.15, 0.2) is 5.65 Å². The molecule has 0 atom stereocenters. The molecule has 0 saturated heterocycles. The fourth-order valence-corrected chi connectivity index (χ4v) is 2.61. The summed E-state index contributed by atoms with van der Waals surface area (Å²) in [5.41, 5.74) is 10.0. The van der Waals surface area contributed by atoms with Crippen LogP contribution in [0.3, 0.4) is 0 Å². The fraction of sp³-hybridized carbons (Fsp3) is 0.333. The fourth-order valence-electron chi connectivity index (χ4n) is 2.61. The van der Waals surface area contributed by atoms with Gasteiger partial charge in [0.1, 0.15) is 11.3 Å². The molecule has 0 amide bonds. The number of methoxy groups -OCH3 is 1. The van der Waals surface area contributed by atoms with Gasteiger partial charge in [0.25, 0.3) is 0 Å². The minimum Gasteiger partial charge on any atom is -0.497 e. The normalized spacial score (nSPS) is 11.2. The first-order valence-corrected chi connectivity index (χ1v) is 6.94. The van der Waals surface area contributed by atoms with Gasteiger partial charge in [-0.2, -0.15) is 5.10 Å². The van der Waals surface area contributed by atoms with Gasteiger partial charge >= 0.3 is 0 Å². The zero-order chi connectivity index (χ0) is 15.0. The summed E-state index contributed by atoms with van der Waals surface area (Å²) >= 11 is 0. The van der Waals surface area contributed by atoms with Crippen molar-refractivity contribution in [2.75, 3.05) is 12.8 Å². The van der Waals surface area contributed by atoms with E-state index in [2.05, 4.69) is 17.0 Å². The minimum absolute atomic E-state index is 0.510. The number of fused-ring (bicyclic) bond motifs is 1. The van der Waals surface area contributed by atoms with Crippen molar-refractivity contribution in [2.45, 2.75) is 19.9 Å². The van der Waals surface area contributed by atoms with Crippen LogP contribution in [0.5, 0.6) is 5.75 Å². The van der Waals surface area contributed by atoms with E-state index in [4.69, 9.17) is 10.5 Å². The smallest absolute Gasteiger partial charge is 0.202 e. The Hall–Kier alpha value is -2.50. The molecule has 0 bridgehead atoms. The number of anilines is 1. The van der Waals surface area contributed by atoms with Crippen molar-refractivity contribution in [1.82, 2.24) is 19.3 Å². The Kier molecular flexibility index (Phi) is 3.29. The summed E-state index contributed by atoms with van der Waals surface area (Å²) in [6.45, 7) is 2.71. The number of imidazole rings is 1. The van der Waals surface area contributed by atoms with E-state index >= 15 is 0 Å². The second-order valence-corrected chi connectivity index (χ2v) is 5.00. The topological polar surface area (TPSA) is 70.9 Å². The van der Waals surface area contributed by atoms with Gasteiger partial charge in [0, 0.05) is 7.05 Å². The second-order valence-electron chi connectivity index (χ2n) is 5.00. The van der Waals surface area contributed by atoms with E-state index in [1.807, 2.05) is 40.6 Å². The van der Waals surface area contributed by atoms with E-state index in [0.29, 0.717) is 12.5 Å². The van der Waals surface area contributed by atoms with Crippen molar-refractivity contribution >= 4 is 17.1 Å². The standard InChI is InChI=1S/C15H19N5O/c1-4-12-13-14(19(2)18-12)20(15(16)17-13)9-10-6-5-7-11(8-10)21-3/h5-8H,4,9H2,1-3H3,(H2,16,17). The Morgan fingerprint density at radius 2 is 2.14 bits per heavy atom. The maximum absolute atomic E-state index is 6.09. The Bertz CT molecular complexity index is 787. The van der Waals surface area contributed by atoms with E-state index in [9.17, 15) is 0 Å². The maximum Gasteiger partial charge on any atom is 0.202 e. The van der Waals surface area contributed by atoms with Gasteiger partial charge in [-0.05, 0) is 24.1 Å². The lowest BCUT2D eigenvalue weighted by Gasteiger charge is -2.08. The molecule has 0 aliphatic heterocycles.